The topological polar surface area (TPSA) is 38.0 Å². The summed E-state index contributed by atoms with van der Waals surface area (Å²) >= 11 is 0. The van der Waals surface area contributed by atoms with Gasteiger partial charge in [0.05, 0.1) is 0 Å². The Kier molecular flexibility index (Phi) is 5.83. The van der Waals surface area contributed by atoms with Gasteiger partial charge >= 0.3 is 0 Å². The molecule has 14 heavy (non-hydrogen) atoms. The molecule has 0 amide bonds. The zero-order valence-electron chi connectivity index (χ0n) is 10.1. The normalized spacial score (nSPS) is 15.6. The van der Waals surface area contributed by atoms with Crippen LogP contribution in [0.25, 0.3) is 0 Å². The van der Waals surface area contributed by atoms with Crippen molar-refractivity contribution in [3.63, 3.8) is 0 Å². The van der Waals surface area contributed by atoms with Gasteiger partial charge in [-0.2, -0.15) is 0 Å². The van der Waals surface area contributed by atoms with Crippen LogP contribution in [0.3, 0.4) is 0 Å². The summed E-state index contributed by atoms with van der Waals surface area (Å²) in [5.74, 6) is 12.1. The Morgan fingerprint density at radius 3 is 2.29 bits per heavy atom. The summed E-state index contributed by atoms with van der Waals surface area (Å²) in [6.45, 7) is 10.9. The zero-order valence-corrected chi connectivity index (χ0v) is 10.1. The van der Waals surface area contributed by atoms with E-state index in [2.05, 4.69) is 45.0 Å². The molecule has 2 unspecified atom stereocenters. The molecule has 2 heteroatoms. The Morgan fingerprint density at radius 1 is 1.36 bits per heavy atom. The van der Waals surface area contributed by atoms with E-state index in [0.717, 1.165) is 12.8 Å². The maximum Gasteiger partial charge on any atom is 0.0322 e. The van der Waals surface area contributed by atoms with Crippen molar-refractivity contribution in [1.82, 2.24) is 5.43 Å². The van der Waals surface area contributed by atoms with Crippen molar-refractivity contribution < 1.29 is 0 Å². The highest BCUT2D eigenvalue weighted by molar-refractivity contribution is 4.98. The summed E-state index contributed by atoms with van der Waals surface area (Å²) < 4.78 is 0. The molecular formula is C12H24N2. The minimum absolute atomic E-state index is 0.316. The van der Waals surface area contributed by atoms with Crippen LogP contribution in [-0.2, 0) is 0 Å². The number of nitrogens with two attached hydrogens (primary N) is 1. The van der Waals surface area contributed by atoms with Gasteiger partial charge in [0.2, 0.25) is 0 Å². The third-order valence-electron chi connectivity index (χ3n) is 2.88. The van der Waals surface area contributed by atoms with Crippen molar-refractivity contribution in [3.8, 4) is 11.8 Å². The number of nitrogens with one attached hydrogen (secondary N) is 1. The molecule has 0 saturated heterocycles. The van der Waals surface area contributed by atoms with Gasteiger partial charge in [-0.25, -0.2) is 0 Å². The van der Waals surface area contributed by atoms with Crippen LogP contribution in [-0.4, -0.2) is 6.04 Å². The maximum atomic E-state index is 5.49. The predicted molar refractivity (Wildman–Crippen MR) is 62.4 cm³/mol. The fourth-order valence-corrected chi connectivity index (χ4v) is 1.22. The van der Waals surface area contributed by atoms with Crippen LogP contribution in [0.15, 0.2) is 0 Å². The van der Waals surface area contributed by atoms with Crippen LogP contribution in [0.2, 0.25) is 0 Å². The minimum Gasteiger partial charge on any atom is -0.271 e. The fraction of sp³-hybridized carbons (Fsp3) is 0.833. The summed E-state index contributed by atoms with van der Waals surface area (Å²) in [6, 6.07) is 0.316. The van der Waals surface area contributed by atoms with E-state index in [1.165, 1.54) is 0 Å². The first-order valence-electron chi connectivity index (χ1n) is 5.27. The quantitative estimate of drug-likeness (QED) is 0.411. The van der Waals surface area contributed by atoms with Gasteiger partial charge in [0.25, 0.3) is 0 Å². The molecule has 0 aromatic heterocycles. The highest BCUT2D eigenvalue weighted by atomic mass is 15.2. The Labute approximate surface area is 88.6 Å². The number of hydrogen-bond acceptors (Lipinski definition) is 2. The molecule has 0 saturated carbocycles. The van der Waals surface area contributed by atoms with E-state index in [-0.39, 0.29) is 0 Å². The van der Waals surface area contributed by atoms with E-state index in [4.69, 9.17) is 5.84 Å². The molecule has 0 aromatic rings. The Balaban J connectivity index is 4.09. The summed E-state index contributed by atoms with van der Waals surface area (Å²) in [5, 5.41) is 0. The van der Waals surface area contributed by atoms with Crippen LogP contribution in [0.1, 0.15) is 47.5 Å². The second-order valence-corrected chi connectivity index (χ2v) is 5.00. The molecular weight excluding hydrogens is 172 g/mol. The van der Waals surface area contributed by atoms with Gasteiger partial charge in [-0.3, -0.25) is 11.3 Å². The SMILES string of the molecule is CC#CCC(CC(C)C(C)(C)C)NN. The maximum absolute atomic E-state index is 5.49. The fourth-order valence-electron chi connectivity index (χ4n) is 1.22. The molecule has 0 radical (unpaired) electrons. The molecule has 0 heterocycles. The molecule has 0 aliphatic heterocycles. The lowest BCUT2D eigenvalue weighted by Crippen LogP contribution is -2.37. The lowest BCUT2D eigenvalue weighted by Gasteiger charge is -2.30. The second-order valence-electron chi connectivity index (χ2n) is 5.00. The molecule has 3 N–H and O–H groups in total. The Morgan fingerprint density at radius 2 is 1.93 bits per heavy atom. The molecule has 0 aliphatic carbocycles. The first-order valence-corrected chi connectivity index (χ1v) is 5.27. The van der Waals surface area contributed by atoms with Gasteiger partial charge in [-0.1, -0.05) is 27.7 Å². The van der Waals surface area contributed by atoms with E-state index >= 15 is 0 Å². The van der Waals surface area contributed by atoms with Crippen molar-refractivity contribution in [1.29, 1.82) is 0 Å². The van der Waals surface area contributed by atoms with Gasteiger partial charge in [-0.15, -0.1) is 11.8 Å². The summed E-state index contributed by atoms with van der Waals surface area (Å²) in [5.41, 5.74) is 3.18. The van der Waals surface area contributed by atoms with Crippen molar-refractivity contribution >= 4 is 0 Å². The lowest BCUT2D eigenvalue weighted by atomic mass is 9.78. The van der Waals surface area contributed by atoms with Gasteiger partial charge in [0.15, 0.2) is 0 Å². The van der Waals surface area contributed by atoms with E-state index in [9.17, 15) is 0 Å². The molecule has 0 spiro atoms. The second kappa shape index (κ2) is 6.06. The molecule has 0 bridgehead atoms. The van der Waals surface area contributed by atoms with Gasteiger partial charge in [0.1, 0.15) is 0 Å². The van der Waals surface area contributed by atoms with Crippen LogP contribution in [0, 0.1) is 23.2 Å². The smallest absolute Gasteiger partial charge is 0.0322 e. The number of hydrogen-bond donors (Lipinski definition) is 2. The van der Waals surface area contributed by atoms with Gasteiger partial charge < -0.3 is 0 Å². The minimum atomic E-state index is 0.316. The molecule has 0 fully saturated rings. The molecule has 0 aliphatic rings. The van der Waals surface area contributed by atoms with E-state index < -0.39 is 0 Å². The predicted octanol–water partition coefficient (Wildman–Crippen LogP) is 2.30. The largest absolute Gasteiger partial charge is 0.271 e. The average molecular weight is 196 g/mol. The monoisotopic (exact) mass is 196 g/mol. The molecule has 82 valence electrons. The zero-order chi connectivity index (χ0) is 11.2. The average Bonchev–Trinajstić information content (AvgIpc) is 2.10. The molecule has 2 nitrogen and oxygen atoms in total. The van der Waals surface area contributed by atoms with Crippen molar-refractivity contribution in [3.05, 3.63) is 0 Å². The van der Waals surface area contributed by atoms with Crippen LogP contribution in [0.4, 0.5) is 0 Å². The third kappa shape index (κ3) is 5.26. The first kappa shape index (κ1) is 13.5. The summed E-state index contributed by atoms with van der Waals surface area (Å²) in [7, 11) is 0. The molecule has 0 rings (SSSR count). The Bertz CT molecular complexity index is 205. The molecule has 2 atom stereocenters. The van der Waals surface area contributed by atoms with Crippen molar-refractivity contribution in [2.75, 3.05) is 0 Å². The van der Waals surface area contributed by atoms with E-state index in [1.807, 2.05) is 6.92 Å². The highest BCUT2D eigenvalue weighted by Crippen LogP contribution is 2.29. The Hall–Kier alpha value is -0.520. The number of rotatable bonds is 4. The first-order chi connectivity index (χ1) is 6.41. The molecule has 0 aromatic carbocycles. The van der Waals surface area contributed by atoms with Crippen LogP contribution >= 0.6 is 0 Å². The van der Waals surface area contributed by atoms with Gasteiger partial charge in [0, 0.05) is 12.5 Å². The number of hydrazine groups is 1. The standard InChI is InChI=1S/C12H24N2/c1-6-7-8-11(14-13)9-10(2)12(3,4)5/h10-11,14H,8-9,13H2,1-5H3. The highest BCUT2D eigenvalue weighted by Gasteiger charge is 2.22. The van der Waals surface area contributed by atoms with E-state index in [0.29, 0.717) is 17.4 Å². The van der Waals surface area contributed by atoms with Crippen LogP contribution < -0.4 is 11.3 Å². The summed E-state index contributed by atoms with van der Waals surface area (Å²) in [4.78, 5) is 0. The summed E-state index contributed by atoms with van der Waals surface area (Å²) in [6.07, 6.45) is 1.92. The van der Waals surface area contributed by atoms with Gasteiger partial charge in [-0.05, 0) is 24.7 Å². The van der Waals surface area contributed by atoms with Crippen molar-refractivity contribution in [2.24, 2.45) is 17.2 Å². The van der Waals surface area contributed by atoms with Crippen molar-refractivity contribution in [2.45, 2.75) is 53.5 Å². The third-order valence-corrected chi connectivity index (χ3v) is 2.88. The lowest BCUT2D eigenvalue weighted by molar-refractivity contribution is 0.224. The van der Waals surface area contributed by atoms with E-state index in [1.54, 1.807) is 0 Å². The van der Waals surface area contributed by atoms with Crippen LogP contribution in [0.5, 0.6) is 0 Å².